The highest BCUT2D eigenvalue weighted by Gasteiger charge is 2.24. The first-order valence-electron chi connectivity index (χ1n) is 4.40. The van der Waals surface area contributed by atoms with E-state index in [-0.39, 0.29) is 12.3 Å². The van der Waals surface area contributed by atoms with Crippen molar-refractivity contribution in [3.63, 3.8) is 0 Å². The molecule has 1 heterocycles. The van der Waals surface area contributed by atoms with Gasteiger partial charge in [0.15, 0.2) is 0 Å². The average Bonchev–Trinajstić information content (AvgIpc) is 2.67. The number of benzene rings is 1. The second kappa shape index (κ2) is 4.09. The van der Waals surface area contributed by atoms with Crippen LogP contribution in [0.15, 0.2) is 30.3 Å². The summed E-state index contributed by atoms with van der Waals surface area (Å²) >= 11 is 5.70. The number of hydrogen-bond donors (Lipinski definition) is 1. The molecule has 0 unspecified atom stereocenters. The molecule has 3 heteroatoms. The Morgan fingerprint density at radius 1 is 1.38 bits per heavy atom. The quantitative estimate of drug-likeness (QED) is 0.732. The molecule has 13 heavy (non-hydrogen) atoms. The third-order valence-corrected chi connectivity index (χ3v) is 2.48. The molecule has 0 saturated carbocycles. The minimum Gasteiger partial charge on any atom is -0.353 e. The fourth-order valence-electron chi connectivity index (χ4n) is 1.44. The zero-order valence-electron chi connectivity index (χ0n) is 7.24. The van der Waals surface area contributed by atoms with E-state index in [1.165, 1.54) is 0 Å². The Labute approximate surface area is 82.9 Å². The fourth-order valence-corrected chi connectivity index (χ4v) is 1.62. The summed E-state index contributed by atoms with van der Waals surface area (Å²) in [5.74, 6) is 0.552. The van der Waals surface area contributed by atoms with Crippen LogP contribution in [0.1, 0.15) is 11.8 Å². The molecule has 1 aliphatic heterocycles. The van der Waals surface area contributed by atoms with Crippen LogP contribution in [0.3, 0.4) is 0 Å². The van der Waals surface area contributed by atoms with Gasteiger partial charge in [-0.05, 0) is 5.56 Å². The number of hydrogen-bond acceptors (Lipinski definition) is 2. The van der Waals surface area contributed by atoms with Gasteiger partial charge < -0.3 is 4.74 Å². The smallest absolute Gasteiger partial charge is 0.134 e. The molecule has 1 aromatic carbocycles. The molecule has 0 amide bonds. The van der Waals surface area contributed by atoms with Gasteiger partial charge in [-0.1, -0.05) is 30.3 Å². The van der Waals surface area contributed by atoms with E-state index in [1.807, 2.05) is 30.3 Å². The summed E-state index contributed by atoms with van der Waals surface area (Å²) in [5.41, 5.74) is 1.16. The van der Waals surface area contributed by atoms with Gasteiger partial charge in [-0.3, -0.25) is 5.32 Å². The highest BCUT2D eigenvalue weighted by atomic mass is 35.5. The van der Waals surface area contributed by atoms with Crippen LogP contribution in [0.25, 0.3) is 0 Å². The van der Waals surface area contributed by atoms with Crippen molar-refractivity contribution in [1.82, 2.24) is 5.32 Å². The molecule has 0 bridgehead atoms. The summed E-state index contributed by atoms with van der Waals surface area (Å²) in [4.78, 5) is 0. The first-order chi connectivity index (χ1) is 6.40. The van der Waals surface area contributed by atoms with Gasteiger partial charge in [-0.2, -0.15) is 0 Å². The standard InChI is InChI=1S/C10H12ClNO/c11-6-9-7-12-10(13-9)8-4-2-1-3-5-8/h1-5,9-10,12H,6-7H2/t9-,10+/m0/s1. The van der Waals surface area contributed by atoms with Crippen LogP contribution in [0.2, 0.25) is 0 Å². The second-order valence-electron chi connectivity index (χ2n) is 3.11. The zero-order valence-corrected chi connectivity index (χ0v) is 8.00. The average molecular weight is 198 g/mol. The van der Waals surface area contributed by atoms with Crippen molar-refractivity contribution in [2.75, 3.05) is 12.4 Å². The lowest BCUT2D eigenvalue weighted by Crippen LogP contribution is -2.15. The Bertz CT molecular complexity index is 265. The van der Waals surface area contributed by atoms with Gasteiger partial charge >= 0.3 is 0 Å². The molecule has 2 atom stereocenters. The number of nitrogens with one attached hydrogen (secondary N) is 1. The minimum absolute atomic E-state index is 0.0185. The van der Waals surface area contributed by atoms with E-state index in [0.717, 1.165) is 12.1 Å². The molecule has 2 nitrogen and oxygen atoms in total. The number of ether oxygens (including phenoxy) is 1. The number of rotatable bonds is 2. The molecule has 2 rings (SSSR count). The number of halogens is 1. The van der Waals surface area contributed by atoms with E-state index in [2.05, 4.69) is 5.32 Å². The second-order valence-corrected chi connectivity index (χ2v) is 3.42. The van der Waals surface area contributed by atoms with E-state index < -0.39 is 0 Å². The Hall–Kier alpha value is -0.570. The van der Waals surface area contributed by atoms with Crippen molar-refractivity contribution < 1.29 is 4.74 Å². The molecule has 0 aromatic heterocycles. The van der Waals surface area contributed by atoms with Crippen LogP contribution in [0.4, 0.5) is 0 Å². The highest BCUT2D eigenvalue weighted by molar-refractivity contribution is 6.18. The Balaban J connectivity index is 2.04. The van der Waals surface area contributed by atoms with E-state index in [1.54, 1.807) is 0 Å². The minimum atomic E-state index is 0.0185. The fraction of sp³-hybridized carbons (Fsp3) is 0.400. The van der Waals surface area contributed by atoms with Crippen molar-refractivity contribution in [3.8, 4) is 0 Å². The van der Waals surface area contributed by atoms with Gasteiger partial charge in [0.25, 0.3) is 0 Å². The normalized spacial score (nSPS) is 27.8. The third-order valence-electron chi connectivity index (χ3n) is 2.13. The van der Waals surface area contributed by atoms with Gasteiger partial charge in [-0.15, -0.1) is 11.6 Å². The van der Waals surface area contributed by atoms with Gasteiger partial charge in [-0.25, -0.2) is 0 Å². The van der Waals surface area contributed by atoms with Crippen molar-refractivity contribution >= 4 is 11.6 Å². The maximum absolute atomic E-state index is 5.70. The Kier molecular flexibility index (Phi) is 2.83. The largest absolute Gasteiger partial charge is 0.353 e. The molecule has 1 N–H and O–H groups in total. The van der Waals surface area contributed by atoms with Gasteiger partial charge in [0.2, 0.25) is 0 Å². The van der Waals surface area contributed by atoms with Gasteiger partial charge in [0.05, 0.1) is 6.10 Å². The SMILES string of the molecule is ClC[C@H]1CN[C@@H](c2ccccc2)O1. The molecule has 1 saturated heterocycles. The van der Waals surface area contributed by atoms with Crippen molar-refractivity contribution in [1.29, 1.82) is 0 Å². The summed E-state index contributed by atoms with van der Waals surface area (Å²) in [6, 6.07) is 10.1. The lowest BCUT2D eigenvalue weighted by atomic mass is 10.2. The van der Waals surface area contributed by atoms with E-state index in [9.17, 15) is 0 Å². The summed E-state index contributed by atoms with van der Waals surface area (Å²) in [6.45, 7) is 0.836. The monoisotopic (exact) mass is 197 g/mol. The summed E-state index contributed by atoms with van der Waals surface area (Å²) in [6.07, 6.45) is 0.164. The summed E-state index contributed by atoms with van der Waals surface area (Å²) in [7, 11) is 0. The zero-order chi connectivity index (χ0) is 9.10. The molecule has 70 valence electrons. The molecule has 0 radical (unpaired) electrons. The molecule has 0 aliphatic carbocycles. The van der Waals surface area contributed by atoms with Crippen LogP contribution in [-0.4, -0.2) is 18.5 Å². The first kappa shape index (κ1) is 9.00. The molecule has 1 aliphatic rings. The van der Waals surface area contributed by atoms with E-state index in [4.69, 9.17) is 16.3 Å². The van der Waals surface area contributed by atoms with Crippen LogP contribution < -0.4 is 5.32 Å². The van der Waals surface area contributed by atoms with Gasteiger partial charge in [0.1, 0.15) is 6.23 Å². The van der Waals surface area contributed by atoms with Crippen molar-refractivity contribution in [2.24, 2.45) is 0 Å². The number of alkyl halides is 1. The molecular weight excluding hydrogens is 186 g/mol. The molecule has 0 spiro atoms. The summed E-state index contributed by atoms with van der Waals surface area (Å²) < 4.78 is 5.65. The summed E-state index contributed by atoms with van der Waals surface area (Å²) in [5, 5.41) is 3.27. The molecule has 1 aromatic rings. The van der Waals surface area contributed by atoms with Crippen molar-refractivity contribution in [3.05, 3.63) is 35.9 Å². The van der Waals surface area contributed by atoms with Crippen LogP contribution in [-0.2, 0) is 4.74 Å². The van der Waals surface area contributed by atoms with E-state index >= 15 is 0 Å². The van der Waals surface area contributed by atoms with Crippen molar-refractivity contribution in [2.45, 2.75) is 12.3 Å². The molecule has 1 fully saturated rings. The van der Waals surface area contributed by atoms with Crippen LogP contribution >= 0.6 is 11.6 Å². The van der Waals surface area contributed by atoms with Crippen LogP contribution in [0, 0.1) is 0 Å². The van der Waals surface area contributed by atoms with Gasteiger partial charge in [0, 0.05) is 12.4 Å². The van der Waals surface area contributed by atoms with E-state index in [0.29, 0.717) is 5.88 Å². The predicted molar refractivity (Wildman–Crippen MR) is 52.8 cm³/mol. The maximum Gasteiger partial charge on any atom is 0.134 e. The third kappa shape index (κ3) is 2.02. The Morgan fingerprint density at radius 3 is 2.77 bits per heavy atom. The topological polar surface area (TPSA) is 21.3 Å². The lowest BCUT2D eigenvalue weighted by molar-refractivity contribution is 0.0528. The lowest BCUT2D eigenvalue weighted by Gasteiger charge is -2.10. The predicted octanol–water partition coefficient (Wildman–Crippen LogP) is 1.91. The first-order valence-corrected chi connectivity index (χ1v) is 4.93. The Morgan fingerprint density at radius 2 is 2.15 bits per heavy atom. The molecular formula is C10H12ClNO. The maximum atomic E-state index is 5.70. The highest BCUT2D eigenvalue weighted by Crippen LogP contribution is 2.21. The van der Waals surface area contributed by atoms with Crippen LogP contribution in [0.5, 0.6) is 0 Å².